The highest BCUT2D eigenvalue weighted by atomic mass is 14.7. The molecule has 0 aliphatic carbocycles. The minimum atomic E-state index is 0.0278. The van der Waals surface area contributed by atoms with Crippen molar-refractivity contribution in [3.05, 3.63) is 221 Å². The molecule has 0 saturated carbocycles. The molecule has 0 unspecified atom stereocenters. The average molecular weight is 604 g/mol. The van der Waals surface area contributed by atoms with Crippen LogP contribution < -0.4 is 0 Å². The summed E-state index contributed by atoms with van der Waals surface area (Å²) in [5, 5.41) is 2.35. The van der Waals surface area contributed by atoms with E-state index in [4.69, 9.17) is 4.99 Å². The third-order valence-electron chi connectivity index (χ3n) is 9.11. The van der Waals surface area contributed by atoms with Crippen molar-refractivity contribution in [3.8, 4) is 11.1 Å². The van der Waals surface area contributed by atoms with Gasteiger partial charge in [0.25, 0.3) is 0 Å². The predicted octanol–water partition coefficient (Wildman–Crippen LogP) is 11.8. The number of rotatable bonds is 10. The van der Waals surface area contributed by atoms with Crippen LogP contribution >= 0.6 is 0 Å². The van der Waals surface area contributed by atoms with E-state index >= 15 is 0 Å². The first-order valence-electron chi connectivity index (χ1n) is 16.3. The van der Waals surface area contributed by atoms with Crippen LogP contribution in [0.3, 0.4) is 0 Å². The normalized spacial score (nSPS) is 11.7. The summed E-state index contributed by atoms with van der Waals surface area (Å²) in [6.45, 7) is 4.11. The predicted molar refractivity (Wildman–Crippen MR) is 200 cm³/mol. The Bertz CT molecular complexity index is 2020. The molecule has 7 rings (SSSR count). The van der Waals surface area contributed by atoms with Gasteiger partial charge in [0, 0.05) is 17.4 Å². The van der Waals surface area contributed by atoms with E-state index < -0.39 is 0 Å². The molecule has 0 bridgehead atoms. The minimum absolute atomic E-state index is 0.0278. The van der Waals surface area contributed by atoms with E-state index in [0.29, 0.717) is 0 Å². The van der Waals surface area contributed by atoms with Crippen LogP contribution in [-0.4, -0.2) is 6.72 Å². The van der Waals surface area contributed by atoms with Crippen molar-refractivity contribution in [2.75, 3.05) is 0 Å². The smallest absolute Gasteiger partial charge is 0.0676 e. The number of benzene rings is 7. The lowest BCUT2D eigenvalue weighted by Crippen LogP contribution is -2.05. The van der Waals surface area contributed by atoms with Gasteiger partial charge >= 0.3 is 0 Å². The molecular formula is C46H37N. The monoisotopic (exact) mass is 603 g/mol. The third kappa shape index (κ3) is 6.61. The third-order valence-corrected chi connectivity index (χ3v) is 9.11. The van der Waals surface area contributed by atoms with Gasteiger partial charge in [-0.05, 0) is 68.9 Å². The summed E-state index contributed by atoms with van der Waals surface area (Å²) in [4.78, 5) is 4.72. The van der Waals surface area contributed by atoms with Gasteiger partial charge in [0.2, 0.25) is 0 Å². The van der Waals surface area contributed by atoms with E-state index in [1.54, 1.807) is 0 Å². The summed E-state index contributed by atoms with van der Waals surface area (Å²) in [5.74, 6) is 0.312. The van der Waals surface area contributed by atoms with E-state index in [1.807, 2.05) is 0 Å². The van der Waals surface area contributed by atoms with Crippen molar-refractivity contribution in [1.82, 2.24) is 0 Å². The number of fused-ring (bicyclic) bond motifs is 1. The Morgan fingerprint density at radius 1 is 0.511 bits per heavy atom. The van der Waals surface area contributed by atoms with Crippen molar-refractivity contribution in [1.29, 1.82) is 0 Å². The topological polar surface area (TPSA) is 12.4 Å². The quantitative estimate of drug-likeness (QED) is 0.138. The molecule has 0 heterocycles. The summed E-state index contributed by atoms with van der Waals surface area (Å²) >= 11 is 0. The van der Waals surface area contributed by atoms with Gasteiger partial charge in [-0.15, -0.1) is 0 Å². The summed E-state index contributed by atoms with van der Waals surface area (Å²) in [6.07, 6.45) is 3.20. The molecule has 0 N–H and O–H groups in total. The summed E-state index contributed by atoms with van der Waals surface area (Å²) < 4.78 is 0. The standard InChI is InChI=1S/C46H37N/c1-47-45(33-44(37-20-10-4-11-21-37)38-22-12-5-13-23-38)46-41-25-15-14-24-39(41)30-31-42(46)40-28-26-34(27-29-40)32-43(35-16-6-2-7-17-35)36-18-8-3-9-19-36/h2-31,33,43-44H,1,32H2/b45-33-. The molecule has 0 aliphatic heterocycles. The van der Waals surface area contributed by atoms with Gasteiger partial charge in [0.05, 0.1) is 5.70 Å². The molecule has 0 atom stereocenters. The summed E-state index contributed by atoms with van der Waals surface area (Å²) in [6, 6.07) is 65.1. The molecule has 0 aliphatic rings. The zero-order chi connectivity index (χ0) is 31.8. The fourth-order valence-electron chi connectivity index (χ4n) is 6.72. The summed E-state index contributed by atoms with van der Waals surface area (Å²) in [5.41, 5.74) is 10.7. The van der Waals surface area contributed by atoms with E-state index in [-0.39, 0.29) is 11.8 Å². The van der Waals surface area contributed by atoms with Crippen LogP contribution in [0, 0.1) is 0 Å². The molecule has 0 saturated heterocycles. The maximum atomic E-state index is 4.72. The Labute approximate surface area is 278 Å². The molecule has 1 nitrogen and oxygen atoms in total. The number of hydrogen-bond acceptors (Lipinski definition) is 1. The van der Waals surface area contributed by atoms with Crippen LogP contribution in [0.4, 0.5) is 0 Å². The molecule has 0 amide bonds. The molecule has 226 valence electrons. The van der Waals surface area contributed by atoms with Crippen LogP contribution in [0.5, 0.6) is 0 Å². The SMILES string of the molecule is C=N/C(=C\C(c1ccccc1)c1ccccc1)c1c(-c2ccc(CC(c3ccccc3)c3ccccc3)cc2)ccc2ccccc12. The van der Waals surface area contributed by atoms with Gasteiger partial charge in [-0.1, -0.05) is 182 Å². The van der Waals surface area contributed by atoms with Gasteiger partial charge in [-0.25, -0.2) is 0 Å². The van der Waals surface area contributed by atoms with Crippen LogP contribution in [-0.2, 0) is 6.42 Å². The van der Waals surface area contributed by atoms with Crippen molar-refractivity contribution in [2.24, 2.45) is 4.99 Å². The largest absolute Gasteiger partial charge is 0.264 e. The maximum Gasteiger partial charge on any atom is 0.0676 e. The summed E-state index contributed by atoms with van der Waals surface area (Å²) in [7, 11) is 0. The average Bonchev–Trinajstić information content (AvgIpc) is 3.16. The van der Waals surface area contributed by atoms with Crippen molar-refractivity contribution >= 4 is 23.2 Å². The Balaban J connectivity index is 1.31. The van der Waals surface area contributed by atoms with E-state index in [2.05, 4.69) is 195 Å². The van der Waals surface area contributed by atoms with Crippen molar-refractivity contribution < 1.29 is 0 Å². The van der Waals surface area contributed by atoms with Crippen LogP contribution in [0.15, 0.2) is 193 Å². The number of nitrogens with zero attached hydrogens (tertiary/aromatic N) is 1. The molecule has 0 fully saturated rings. The zero-order valence-electron chi connectivity index (χ0n) is 26.4. The second-order valence-electron chi connectivity index (χ2n) is 12.0. The van der Waals surface area contributed by atoms with Gasteiger partial charge < -0.3 is 0 Å². The minimum Gasteiger partial charge on any atom is -0.264 e. The fraction of sp³-hybridized carbons (Fsp3) is 0.0652. The zero-order valence-corrected chi connectivity index (χ0v) is 26.4. The highest BCUT2D eigenvalue weighted by Crippen LogP contribution is 2.39. The molecule has 0 spiro atoms. The number of aliphatic imine (C=N–C) groups is 1. The first-order valence-corrected chi connectivity index (χ1v) is 16.3. The van der Waals surface area contributed by atoms with Crippen molar-refractivity contribution in [3.63, 3.8) is 0 Å². The van der Waals surface area contributed by atoms with Gasteiger partial charge in [-0.2, -0.15) is 0 Å². The van der Waals surface area contributed by atoms with Gasteiger partial charge in [-0.3, -0.25) is 4.99 Å². The second kappa shape index (κ2) is 14.1. The van der Waals surface area contributed by atoms with Gasteiger partial charge in [0.1, 0.15) is 0 Å². The van der Waals surface area contributed by atoms with E-state index in [1.165, 1.54) is 38.6 Å². The molecule has 1 heteroatoms. The van der Waals surface area contributed by atoms with Crippen LogP contribution in [0.1, 0.15) is 45.2 Å². The van der Waals surface area contributed by atoms with Crippen LogP contribution in [0.25, 0.3) is 27.6 Å². The second-order valence-corrected chi connectivity index (χ2v) is 12.0. The molecule has 0 aromatic heterocycles. The lowest BCUT2D eigenvalue weighted by Gasteiger charge is -2.20. The fourth-order valence-corrected chi connectivity index (χ4v) is 6.72. The van der Waals surface area contributed by atoms with Gasteiger partial charge in [0.15, 0.2) is 0 Å². The lowest BCUT2D eigenvalue weighted by molar-refractivity contribution is 0.805. The van der Waals surface area contributed by atoms with E-state index in [0.717, 1.165) is 28.8 Å². The molecular weight excluding hydrogens is 567 g/mol. The number of hydrogen-bond donors (Lipinski definition) is 0. The highest BCUT2D eigenvalue weighted by molar-refractivity contribution is 6.01. The number of allylic oxidation sites excluding steroid dienone is 1. The Morgan fingerprint density at radius 2 is 1.00 bits per heavy atom. The Kier molecular flexibility index (Phi) is 8.97. The van der Waals surface area contributed by atoms with Crippen LogP contribution in [0.2, 0.25) is 0 Å². The highest BCUT2D eigenvalue weighted by Gasteiger charge is 2.19. The molecule has 7 aromatic carbocycles. The van der Waals surface area contributed by atoms with E-state index in [9.17, 15) is 0 Å². The molecule has 0 radical (unpaired) electrons. The molecule has 7 aromatic rings. The first-order chi connectivity index (χ1) is 23.3. The van der Waals surface area contributed by atoms with Crippen molar-refractivity contribution in [2.45, 2.75) is 18.3 Å². The Hall–Kier alpha value is -5.79. The Morgan fingerprint density at radius 3 is 1.53 bits per heavy atom. The maximum absolute atomic E-state index is 4.72. The first kappa shape index (κ1) is 29.9. The molecule has 47 heavy (non-hydrogen) atoms. The lowest BCUT2D eigenvalue weighted by atomic mass is 9.85.